The number of benzene rings is 2. The van der Waals surface area contributed by atoms with Crippen molar-refractivity contribution in [3.05, 3.63) is 59.9 Å². The first-order valence-electron chi connectivity index (χ1n) is 8.41. The number of hydrogen-bond acceptors (Lipinski definition) is 2. The number of rotatable bonds is 5. The van der Waals surface area contributed by atoms with E-state index in [1.54, 1.807) is 6.07 Å². The van der Waals surface area contributed by atoms with Gasteiger partial charge in [0, 0.05) is 11.4 Å². The van der Waals surface area contributed by atoms with Crippen LogP contribution in [-0.2, 0) is 9.59 Å². The molecule has 2 amide bonds. The normalized spacial score (nSPS) is 18.7. The smallest absolute Gasteiger partial charge is 0.228 e. The van der Waals surface area contributed by atoms with Crippen LogP contribution in [0.25, 0.3) is 0 Å². The van der Waals surface area contributed by atoms with Gasteiger partial charge in [0.1, 0.15) is 5.82 Å². The third-order valence-electron chi connectivity index (χ3n) is 4.40. The second kappa shape index (κ2) is 7.05. The maximum Gasteiger partial charge on any atom is 0.228 e. The van der Waals surface area contributed by atoms with Gasteiger partial charge in [-0.25, -0.2) is 4.39 Å². The lowest BCUT2D eigenvalue weighted by molar-refractivity contribution is -0.122. The molecule has 130 valence electrons. The number of nitrogens with one attached hydrogen (secondary N) is 2. The molecule has 5 heteroatoms. The summed E-state index contributed by atoms with van der Waals surface area (Å²) < 4.78 is 13.1. The van der Waals surface area contributed by atoms with E-state index in [4.69, 9.17) is 0 Å². The first-order chi connectivity index (χ1) is 11.9. The second-order valence-corrected chi connectivity index (χ2v) is 6.71. The van der Waals surface area contributed by atoms with Crippen LogP contribution in [0.3, 0.4) is 0 Å². The lowest BCUT2D eigenvalue weighted by Gasteiger charge is -2.08. The van der Waals surface area contributed by atoms with E-state index in [-0.39, 0.29) is 23.7 Å². The second-order valence-electron chi connectivity index (χ2n) is 6.71. The van der Waals surface area contributed by atoms with Crippen molar-refractivity contribution in [2.45, 2.75) is 26.2 Å². The Kier molecular flexibility index (Phi) is 4.83. The molecule has 1 saturated carbocycles. The molecule has 4 nitrogen and oxygen atoms in total. The Morgan fingerprint density at radius 3 is 2.12 bits per heavy atom. The van der Waals surface area contributed by atoms with Gasteiger partial charge in [-0.15, -0.1) is 0 Å². The molecule has 0 saturated heterocycles. The van der Waals surface area contributed by atoms with Crippen molar-refractivity contribution >= 4 is 23.2 Å². The molecule has 1 fully saturated rings. The van der Waals surface area contributed by atoms with Crippen molar-refractivity contribution in [1.29, 1.82) is 0 Å². The fraction of sp³-hybridized carbons (Fsp3) is 0.300. The summed E-state index contributed by atoms with van der Waals surface area (Å²) in [5, 5.41) is 5.50. The van der Waals surface area contributed by atoms with E-state index in [1.807, 2.05) is 24.3 Å². The van der Waals surface area contributed by atoms with Gasteiger partial charge < -0.3 is 10.6 Å². The van der Waals surface area contributed by atoms with Gasteiger partial charge >= 0.3 is 0 Å². The highest BCUT2D eigenvalue weighted by Gasteiger charge is 2.48. The van der Waals surface area contributed by atoms with Gasteiger partial charge in [0.15, 0.2) is 0 Å². The summed E-state index contributed by atoms with van der Waals surface area (Å²) in [4.78, 5) is 24.4. The van der Waals surface area contributed by atoms with Crippen LogP contribution in [0, 0.1) is 17.7 Å². The molecule has 0 spiro atoms. The average Bonchev–Trinajstić information content (AvgIpc) is 3.36. The summed E-state index contributed by atoms with van der Waals surface area (Å²) in [6.45, 7) is 4.22. The SMILES string of the molecule is CC(C)c1ccc(NC(=O)C2CC2C(=O)Nc2cccc(F)c2)cc1. The van der Waals surface area contributed by atoms with Crippen molar-refractivity contribution in [2.75, 3.05) is 10.6 Å². The van der Waals surface area contributed by atoms with Gasteiger partial charge in [0.2, 0.25) is 11.8 Å². The highest BCUT2D eigenvalue weighted by molar-refractivity contribution is 6.03. The van der Waals surface area contributed by atoms with Gasteiger partial charge in [-0.2, -0.15) is 0 Å². The number of carbonyl (C=O) groups excluding carboxylic acids is 2. The number of amides is 2. The van der Waals surface area contributed by atoms with Crippen LogP contribution in [0.1, 0.15) is 31.7 Å². The molecule has 2 unspecified atom stereocenters. The van der Waals surface area contributed by atoms with Crippen LogP contribution >= 0.6 is 0 Å². The molecule has 3 rings (SSSR count). The molecule has 1 aliphatic rings. The Bertz CT molecular complexity index is 787. The number of halogens is 1. The fourth-order valence-corrected chi connectivity index (χ4v) is 2.76. The van der Waals surface area contributed by atoms with Crippen LogP contribution in [0.15, 0.2) is 48.5 Å². The first kappa shape index (κ1) is 17.1. The number of carbonyl (C=O) groups is 2. The largest absolute Gasteiger partial charge is 0.326 e. The van der Waals surface area contributed by atoms with E-state index < -0.39 is 5.82 Å². The molecule has 2 N–H and O–H groups in total. The molecule has 0 radical (unpaired) electrons. The zero-order valence-electron chi connectivity index (χ0n) is 14.3. The molecule has 0 aliphatic heterocycles. The molecule has 25 heavy (non-hydrogen) atoms. The van der Waals surface area contributed by atoms with Gasteiger partial charge in [-0.1, -0.05) is 32.0 Å². The molecule has 2 aromatic rings. The van der Waals surface area contributed by atoms with Crippen molar-refractivity contribution < 1.29 is 14.0 Å². The summed E-state index contributed by atoms with van der Waals surface area (Å²) in [5.74, 6) is -1.08. The monoisotopic (exact) mass is 340 g/mol. The summed E-state index contributed by atoms with van der Waals surface area (Å²) in [7, 11) is 0. The van der Waals surface area contributed by atoms with Crippen molar-refractivity contribution in [2.24, 2.45) is 11.8 Å². The summed E-state index contributed by atoms with van der Waals surface area (Å²) >= 11 is 0. The number of hydrogen-bond donors (Lipinski definition) is 2. The van der Waals surface area contributed by atoms with Crippen molar-refractivity contribution in [3.8, 4) is 0 Å². The van der Waals surface area contributed by atoms with Crippen LogP contribution in [0.4, 0.5) is 15.8 Å². The van der Waals surface area contributed by atoms with E-state index in [1.165, 1.54) is 23.8 Å². The highest BCUT2D eigenvalue weighted by Crippen LogP contribution is 2.40. The standard InChI is InChI=1S/C20H21FN2O2/c1-12(2)13-6-8-15(9-7-13)22-19(24)17-11-18(17)20(25)23-16-5-3-4-14(21)10-16/h3-10,12,17-18H,11H2,1-2H3,(H,22,24)(H,23,25). The Balaban J connectivity index is 1.54. The zero-order valence-corrected chi connectivity index (χ0v) is 14.3. The minimum absolute atomic E-state index is 0.156. The Morgan fingerprint density at radius 1 is 0.960 bits per heavy atom. The average molecular weight is 340 g/mol. The van der Waals surface area contributed by atoms with Crippen LogP contribution in [0.2, 0.25) is 0 Å². The third kappa shape index (κ3) is 4.24. The predicted molar refractivity (Wildman–Crippen MR) is 95.8 cm³/mol. The maximum absolute atomic E-state index is 13.1. The lowest BCUT2D eigenvalue weighted by Crippen LogP contribution is -2.20. The van der Waals surface area contributed by atoms with Gasteiger partial charge in [-0.3, -0.25) is 9.59 Å². The zero-order chi connectivity index (χ0) is 18.0. The van der Waals surface area contributed by atoms with Crippen LogP contribution < -0.4 is 10.6 Å². The van der Waals surface area contributed by atoms with Crippen molar-refractivity contribution in [1.82, 2.24) is 0 Å². The van der Waals surface area contributed by atoms with E-state index in [2.05, 4.69) is 24.5 Å². The quantitative estimate of drug-likeness (QED) is 0.858. The van der Waals surface area contributed by atoms with Crippen LogP contribution in [0.5, 0.6) is 0 Å². The van der Waals surface area contributed by atoms with E-state index in [0.717, 1.165) is 5.69 Å². The molecule has 0 bridgehead atoms. The highest BCUT2D eigenvalue weighted by atomic mass is 19.1. The molecule has 0 heterocycles. The van der Waals surface area contributed by atoms with Gasteiger partial charge in [-0.05, 0) is 48.2 Å². The minimum Gasteiger partial charge on any atom is -0.326 e. The molecular weight excluding hydrogens is 319 g/mol. The molecule has 2 aromatic carbocycles. The summed E-state index contributed by atoms with van der Waals surface area (Å²) in [5.41, 5.74) is 2.34. The third-order valence-corrected chi connectivity index (χ3v) is 4.40. The Morgan fingerprint density at radius 2 is 1.56 bits per heavy atom. The maximum atomic E-state index is 13.1. The number of anilines is 2. The fourth-order valence-electron chi connectivity index (χ4n) is 2.76. The van der Waals surface area contributed by atoms with Crippen molar-refractivity contribution in [3.63, 3.8) is 0 Å². The predicted octanol–water partition coefficient (Wildman–Crippen LogP) is 4.16. The lowest BCUT2D eigenvalue weighted by atomic mass is 10.0. The van der Waals surface area contributed by atoms with E-state index >= 15 is 0 Å². The Labute approximate surface area is 146 Å². The minimum atomic E-state index is -0.410. The molecule has 2 atom stereocenters. The van der Waals surface area contributed by atoms with E-state index in [0.29, 0.717) is 18.0 Å². The first-order valence-corrected chi connectivity index (χ1v) is 8.41. The summed E-state index contributed by atoms with van der Waals surface area (Å²) in [6, 6.07) is 13.4. The molecular formula is C20H21FN2O2. The molecule has 0 aromatic heterocycles. The topological polar surface area (TPSA) is 58.2 Å². The van der Waals surface area contributed by atoms with E-state index in [9.17, 15) is 14.0 Å². The van der Waals surface area contributed by atoms with Gasteiger partial charge in [0.25, 0.3) is 0 Å². The van der Waals surface area contributed by atoms with Gasteiger partial charge in [0.05, 0.1) is 11.8 Å². The Hall–Kier alpha value is -2.69. The summed E-state index contributed by atoms with van der Waals surface area (Å²) in [6.07, 6.45) is 0.511. The molecule has 1 aliphatic carbocycles. The van der Waals surface area contributed by atoms with Crippen LogP contribution in [-0.4, -0.2) is 11.8 Å².